The van der Waals surface area contributed by atoms with Gasteiger partial charge in [-0.05, 0) is 84.5 Å². The highest BCUT2D eigenvalue weighted by Gasteiger charge is 2.19. The van der Waals surface area contributed by atoms with Gasteiger partial charge in [0.15, 0.2) is 21.5 Å². The number of nitrogens with one attached hydrogen (secondary N) is 1. The average Bonchev–Trinajstić information content (AvgIpc) is 3.17. The molecule has 0 fully saturated rings. The number of ether oxygens (including phenoxy) is 3. The van der Waals surface area contributed by atoms with E-state index < -0.39 is 15.7 Å². The molecular formula is C40H40FN7O5S. The number of sulfone groups is 1. The molecule has 0 bridgehead atoms. The van der Waals surface area contributed by atoms with Crippen molar-refractivity contribution in [3.63, 3.8) is 0 Å². The number of anilines is 3. The van der Waals surface area contributed by atoms with Gasteiger partial charge in [-0.25, -0.2) is 27.8 Å². The first-order valence-electron chi connectivity index (χ1n) is 17.0. The van der Waals surface area contributed by atoms with E-state index in [9.17, 15) is 12.8 Å². The molecular weight excluding hydrogens is 710 g/mol. The topological polar surface area (TPSA) is 142 Å². The second kappa shape index (κ2) is 16.7. The van der Waals surface area contributed by atoms with Gasteiger partial charge >= 0.3 is 0 Å². The molecule has 0 aliphatic carbocycles. The number of rotatable bonds is 15. The van der Waals surface area contributed by atoms with Gasteiger partial charge in [0.1, 0.15) is 23.1 Å². The highest BCUT2D eigenvalue weighted by molar-refractivity contribution is 7.90. The van der Waals surface area contributed by atoms with Crippen LogP contribution in [0.15, 0.2) is 102 Å². The van der Waals surface area contributed by atoms with Crippen molar-refractivity contribution in [3.05, 3.63) is 131 Å². The number of aromatic nitrogens is 5. The van der Waals surface area contributed by atoms with Gasteiger partial charge in [-0.15, -0.1) is 0 Å². The standard InChI is InChI=1S/C40H40FN7O5S/c1-26-44-38(47-40(45-26)48(24-28-8-14-32(51-2)15-9-28)25-29-10-16-33(52-3)17-11-29)35-20-30(7-6-27-12-18-34(19-13-27)54(5,49)50)22-42-37(35)46-31-21-36(41)39(53-4)43-23-31/h8-23H,6-7,24-25H2,1-5H3,(H,42,46). The lowest BCUT2D eigenvalue weighted by atomic mass is 10.0. The summed E-state index contributed by atoms with van der Waals surface area (Å²) in [6.45, 7) is 2.77. The van der Waals surface area contributed by atoms with Crippen LogP contribution < -0.4 is 24.4 Å². The van der Waals surface area contributed by atoms with E-state index in [2.05, 4.69) is 15.2 Å². The van der Waals surface area contributed by atoms with E-state index in [4.69, 9.17) is 34.1 Å². The first-order valence-corrected chi connectivity index (χ1v) is 18.9. The normalized spacial score (nSPS) is 11.2. The third-order valence-corrected chi connectivity index (χ3v) is 9.71. The van der Waals surface area contributed by atoms with E-state index >= 15 is 0 Å². The maximum atomic E-state index is 14.7. The number of halogens is 1. The second-order valence-corrected chi connectivity index (χ2v) is 14.6. The molecule has 0 unspecified atom stereocenters. The Kier molecular flexibility index (Phi) is 11.6. The summed E-state index contributed by atoms with van der Waals surface area (Å²) in [5, 5.41) is 3.19. The number of nitrogens with zero attached hydrogens (tertiary/aromatic N) is 6. The Morgan fingerprint density at radius 3 is 1.85 bits per heavy atom. The van der Waals surface area contributed by atoms with Crippen molar-refractivity contribution in [1.82, 2.24) is 24.9 Å². The van der Waals surface area contributed by atoms with Crippen LogP contribution in [0.25, 0.3) is 11.4 Å². The second-order valence-electron chi connectivity index (χ2n) is 12.6. The van der Waals surface area contributed by atoms with Gasteiger partial charge in [0.2, 0.25) is 11.8 Å². The molecule has 1 N–H and O–H groups in total. The molecule has 54 heavy (non-hydrogen) atoms. The molecule has 0 saturated carbocycles. The molecule has 3 heterocycles. The van der Waals surface area contributed by atoms with Crippen molar-refractivity contribution in [2.45, 2.75) is 37.8 Å². The summed E-state index contributed by atoms with van der Waals surface area (Å²) in [6, 6.07) is 25.7. The Hall–Kier alpha value is -6.15. The van der Waals surface area contributed by atoms with Crippen molar-refractivity contribution in [1.29, 1.82) is 0 Å². The predicted molar refractivity (Wildman–Crippen MR) is 205 cm³/mol. The third kappa shape index (κ3) is 9.44. The number of methoxy groups -OCH3 is 3. The molecule has 0 spiro atoms. The van der Waals surface area contributed by atoms with Gasteiger partial charge < -0.3 is 24.4 Å². The van der Waals surface area contributed by atoms with E-state index in [1.807, 2.05) is 66.7 Å². The lowest BCUT2D eigenvalue weighted by molar-refractivity contribution is 0.369. The number of aryl methyl sites for hydroxylation is 3. The van der Waals surface area contributed by atoms with E-state index in [0.29, 0.717) is 60.6 Å². The molecule has 0 amide bonds. The van der Waals surface area contributed by atoms with E-state index in [-0.39, 0.29) is 10.8 Å². The molecule has 0 radical (unpaired) electrons. The maximum absolute atomic E-state index is 14.7. The highest BCUT2D eigenvalue weighted by atomic mass is 32.2. The summed E-state index contributed by atoms with van der Waals surface area (Å²) in [7, 11) is 1.32. The van der Waals surface area contributed by atoms with Gasteiger partial charge in [-0.2, -0.15) is 9.97 Å². The lowest BCUT2D eigenvalue weighted by Gasteiger charge is -2.24. The number of hydrogen-bond donors (Lipinski definition) is 1. The minimum atomic E-state index is -3.30. The SMILES string of the molecule is COc1ccc(CN(Cc2ccc(OC)cc2)c2nc(C)nc(-c3cc(CCc4ccc(S(C)(=O)=O)cc4)cnc3Nc3cnc(OC)c(F)c3)n2)cc1. The summed E-state index contributed by atoms with van der Waals surface area (Å²) in [6.07, 6.45) is 5.60. The molecule has 3 aromatic carbocycles. The van der Waals surface area contributed by atoms with Crippen LogP contribution in [0.1, 0.15) is 28.1 Å². The zero-order valence-corrected chi connectivity index (χ0v) is 31.4. The first-order chi connectivity index (χ1) is 26.0. The van der Waals surface area contributed by atoms with Crippen LogP contribution in [0.5, 0.6) is 17.4 Å². The van der Waals surface area contributed by atoms with Crippen molar-refractivity contribution in [3.8, 4) is 28.8 Å². The minimum Gasteiger partial charge on any atom is -0.497 e. The van der Waals surface area contributed by atoms with E-state index in [1.165, 1.54) is 25.6 Å². The van der Waals surface area contributed by atoms with Crippen molar-refractivity contribution in [2.75, 3.05) is 37.8 Å². The fourth-order valence-corrected chi connectivity index (χ4v) is 6.35. The monoisotopic (exact) mass is 749 g/mol. The average molecular weight is 750 g/mol. The van der Waals surface area contributed by atoms with Crippen LogP contribution in [0, 0.1) is 12.7 Å². The summed E-state index contributed by atoms with van der Waals surface area (Å²) in [4.78, 5) is 25.7. The van der Waals surface area contributed by atoms with Crippen molar-refractivity contribution < 1.29 is 27.0 Å². The van der Waals surface area contributed by atoms with Crippen LogP contribution in [0.2, 0.25) is 0 Å². The molecule has 0 aliphatic rings. The third-order valence-electron chi connectivity index (χ3n) is 8.59. The van der Waals surface area contributed by atoms with Crippen LogP contribution in [-0.4, -0.2) is 60.9 Å². The summed E-state index contributed by atoms with van der Waals surface area (Å²) < 4.78 is 54.4. The largest absolute Gasteiger partial charge is 0.497 e. The number of hydrogen-bond acceptors (Lipinski definition) is 12. The molecule has 278 valence electrons. The van der Waals surface area contributed by atoms with Crippen LogP contribution in [0.4, 0.5) is 21.8 Å². The lowest BCUT2D eigenvalue weighted by Crippen LogP contribution is -2.25. The van der Waals surface area contributed by atoms with Crippen molar-refractivity contribution in [2.24, 2.45) is 0 Å². The maximum Gasteiger partial charge on any atom is 0.250 e. The highest BCUT2D eigenvalue weighted by Crippen LogP contribution is 2.31. The Morgan fingerprint density at radius 2 is 1.30 bits per heavy atom. The number of pyridine rings is 2. The van der Waals surface area contributed by atoms with E-state index in [1.54, 1.807) is 39.5 Å². The molecule has 0 atom stereocenters. The molecule has 0 saturated heterocycles. The van der Waals surface area contributed by atoms with Gasteiger partial charge in [-0.1, -0.05) is 36.4 Å². The first kappa shape index (κ1) is 37.6. The Balaban J connectivity index is 1.38. The van der Waals surface area contributed by atoms with Gasteiger partial charge in [0.05, 0.1) is 43.7 Å². The number of benzene rings is 3. The van der Waals surface area contributed by atoms with Crippen molar-refractivity contribution >= 4 is 27.3 Å². The fourth-order valence-electron chi connectivity index (χ4n) is 5.72. The van der Waals surface area contributed by atoms with Gasteiger partial charge in [0.25, 0.3) is 0 Å². The van der Waals surface area contributed by atoms with Crippen LogP contribution >= 0.6 is 0 Å². The van der Waals surface area contributed by atoms with Gasteiger partial charge in [0, 0.05) is 31.6 Å². The Morgan fingerprint density at radius 1 is 0.704 bits per heavy atom. The molecule has 14 heteroatoms. The zero-order valence-electron chi connectivity index (χ0n) is 30.6. The smallest absolute Gasteiger partial charge is 0.250 e. The Bertz CT molecular complexity index is 2280. The quantitative estimate of drug-likeness (QED) is 0.116. The summed E-state index contributed by atoms with van der Waals surface area (Å²) >= 11 is 0. The molecule has 3 aromatic heterocycles. The van der Waals surface area contributed by atoms with E-state index in [0.717, 1.165) is 33.8 Å². The van der Waals surface area contributed by atoms with Gasteiger partial charge in [-0.3, -0.25) is 0 Å². The fraction of sp³-hybridized carbons (Fsp3) is 0.225. The predicted octanol–water partition coefficient (Wildman–Crippen LogP) is 6.94. The molecule has 6 rings (SSSR count). The summed E-state index contributed by atoms with van der Waals surface area (Å²) in [5.41, 5.74) is 4.82. The molecule has 12 nitrogen and oxygen atoms in total. The molecule has 6 aromatic rings. The van der Waals surface area contributed by atoms with Crippen LogP contribution in [0.3, 0.4) is 0 Å². The summed E-state index contributed by atoms with van der Waals surface area (Å²) in [5.74, 6) is 2.44. The minimum absolute atomic E-state index is 0.125. The molecule has 0 aliphatic heterocycles. The van der Waals surface area contributed by atoms with Crippen LogP contribution in [-0.2, 0) is 35.8 Å². The Labute approximate surface area is 314 Å². The zero-order chi connectivity index (χ0) is 38.2.